The summed E-state index contributed by atoms with van der Waals surface area (Å²) in [6.45, 7) is 5.34. The molecule has 5 heteroatoms. The van der Waals surface area contributed by atoms with Crippen LogP contribution < -0.4 is 15.4 Å². The van der Waals surface area contributed by atoms with Gasteiger partial charge in [-0.05, 0) is 55.2 Å². The third-order valence-electron chi connectivity index (χ3n) is 4.27. The van der Waals surface area contributed by atoms with Crippen molar-refractivity contribution in [2.24, 2.45) is 0 Å². The standard InChI is InChI=1S/C22H28N2O3/c1-3-4-15-27-20-11-9-19(10-12-20)22(26)24-16-21(25)23-14-13-18-8-6-5-7-17(18)2/h5-12H,3-4,13-16H2,1-2H3,(H,23,25)(H,24,26). The average molecular weight is 368 g/mol. The van der Waals surface area contributed by atoms with Gasteiger partial charge in [-0.3, -0.25) is 9.59 Å². The zero-order chi connectivity index (χ0) is 19.5. The third kappa shape index (κ3) is 7.13. The fourth-order valence-electron chi connectivity index (χ4n) is 2.59. The molecule has 27 heavy (non-hydrogen) atoms. The van der Waals surface area contributed by atoms with Crippen molar-refractivity contribution in [2.75, 3.05) is 19.7 Å². The molecule has 0 aliphatic heterocycles. The average Bonchev–Trinajstić information content (AvgIpc) is 2.68. The Kier molecular flexibility index (Phi) is 8.36. The first-order valence-corrected chi connectivity index (χ1v) is 9.42. The van der Waals surface area contributed by atoms with Crippen LogP contribution in [0.4, 0.5) is 0 Å². The lowest BCUT2D eigenvalue weighted by Gasteiger charge is -2.09. The quantitative estimate of drug-likeness (QED) is 0.633. The second-order valence-corrected chi connectivity index (χ2v) is 6.44. The smallest absolute Gasteiger partial charge is 0.251 e. The Bertz CT molecular complexity index is 741. The Morgan fingerprint density at radius 1 is 1.00 bits per heavy atom. The van der Waals surface area contributed by atoms with Gasteiger partial charge < -0.3 is 15.4 Å². The zero-order valence-corrected chi connectivity index (χ0v) is 16.1. The number of ether oxygens (including phenoxy) is 1. The van der Waals surface area contributed by atoms with Crippen molar-refractivity contribution in [3.8, 4) is 5.75 Å². The van der Waals surface area contributed by atoms with E-state index in [9.17, 15) is 9.59 Å². The van der Waals surface area contributed by atoms with Crippen LogP contribution in [0.15, 0.2) is 48.5 Å². The van der Waals surface area contributed by atoms with Gasteiger partial charge in [0.25, 0.3) is 5.91 Å². The van der Waals surface area contributed by atoms with Gasteiger partial charge in [0.2, 0.25) is 5.91 Å². The molecule has 0 aliphatic rings. The van der Waals surface area contributed by atoms with Gasteiger partial charge in [0.05, 0.1) is 13.2 Å². The summed E-state index contributed by atoms with van der Waals surface area (Å²) in [5.41, 5.74) is 2.93. The van der Waals surface area contributed by atoms with E-state index in [1.165, 1.54) is 11.1 Å². The highest BCUT2D eigenvalue weighted by Gasteiger charge is 2.08. The van der Waals surface area contributed by atoms with Gasteiger partial charge in [-0.1, -0.05) is 37.6 Å². The molecule has 0 radical (unpaired) electrons. The minimum absolute atomic E-state index is 0.0403. The molecule has 2 N–H and O–H groups in total. The van der Waals surface area contributed by atoms with Gasteiger partial charge in [0, 0.05) is 12.1 Å². The molecule has 0 bridgehead atoms. The molecule has 2 aromatic carbocycles. The lowest BCUT2D eigenvalue weighted by atomic mass is 10.1. The summed E-state index contributed by atoms with van der Waals surface area (Å²) in [5, 5.41) is 5.47. The van der Waals surface area contributed by atoms with E-state index in [1.54, 1.807) is 24.3 Å². The second-order valence-electron chi connectivity index (χ2n) is 6.44. The highest BCUT2D eigenvalue weighted by Crippen LogP contribution is 2.12. The SMILES string of the molecule is CCCCOc1ccc(C(=O)NCC(=O)NCCc2ccccc2C)cc1. The topological polar surface area (TPSA) is 67.4 Å². The van der Waals surface area contributed by atoms with Gasteiger partial charge in [0.1, 0.15) is 5.75 Å². The lowest BCUT2D eigenvalue weighted by molar-refractivity contribution is -0.120. The van der Waals surface area contributed by atoms with Crippen molar-refractivity contribution in [3.63, 3.8) is 0 Å². The van der Waals surface area contributed by atoms with Gasteiger partial charge in [0.15, 0.2) is 0 Å². The van der Waals surface area contributed by atoms with Crippen LogP contribution in [0.25, 0.3) is 0 Å². The molecule has 0 fully saturated rings. The Morgan fingerprint density at radius 3 is 2.44 bits per heavy atom. The molecular weight excluding hydrogens is 340 g/mol. The summed E-state index contributed by atoms with van der Waals surface area (Å²) < 4.78 is 5.57. The summed E-state index contributed by atoms with van der Waals surface area (Å²) in [7, 11) is 0. The number of hydrogen-bond donors (Lipinski definition) is 2. The van der Waals surface area contributed by atoms with E-state index >= 15 is 0 Å². The second kappa shape index (κ2) is 11.0. The predicted molar refractivity (Wildman–Crippen MR) is 107 cm³/mol. The molecule has 0 atom stereocenters. The van der Waals surface area contributed by atoms with Gasteiger partial charge in [-0.2, -0.15) is 0 Å². The number of carbonyl (C=O) groups is 2. The van der Waals surface area contributed by atoms with Crippen LogP contribution >= 0.6 is 0 Å². The Hall–Kier alpha value is -2.82. The first-order valence-electron chi connectivity index (χ1n) is 9.42. The molecule has 0 aromatic heterocycles. The number of carbonyl (C=O) groups excluding carboxylic acids is 2. The van der Waals surface area contributed by atoms with Crippen molar-refractivity contribution < 1.29 is 14.3 Å². The normalized spacial score (nSPS) is 10.3. The maximum atomic E-state index is 12.1. The molecule has 0 aliphatic carbocycles. The molecule has 0 heterocycles. The number of amides is 2. The maximum Gasteiger partial charge on any atom is 0.251 e. The van der Waals surface area contributed by atoms with Gasteiger partial charge >= 0.3 is 0 Å². The van der Waals surface area contributed by atoms with Crippen LogP contribution in [0.3, 0.4) is 0 Å². The molecule has 2 amide bonds. The fourth-order valence-corrected chi connectivity index (χ4v) is 2.59. The molecule has 0 saturated heterocycles. The zero-order valence-electron chi connectivity index (χ0n) is 16.1. The van der Waals surface area contributed by atoms with Crippen molar-refractivity contribution in [1.82, 2.24) is 10.6 Å². The molecule has 2 rings (SSSR count). The van der Waals surface area contributed by atoms with E-state index < -0.39 is 0 Å². The summed E-state index contributed by atoms with van der Waals surface area (Å²) in [6.07, 6.45) is 2.85. The van der Waals surface area contributed by atoms with Crippen molar-refractivity contribution in [2.45, 2.75) is 33.1 Å². The van der Waals surface area contributed by atoms with Gasteiger partial charge in [-0.15, -0.1) is 0 Å². The molecule has 0 saturated carbocycles. The Labute approximate surface area is 161 Å². The summed E-state index contributed by atoms with van der Waals surface area (Å²) in [5.74, 6) is 0.273. The molecule has 2 aromatic rings. The summed E-state index contributed by atoms with van der Waals surface area (Å²) in [6, 6.07) is 15.0. The van der Waals surface area contributed by atoms with E-state index in [0.717, 1.165) is 25.0 Å². The van der Waals surface area contributed by atoms with Crippen molar-refractivity contribution >= 4 is 11.8 Å². The molecule has 0 spiro atoms. The van der Waals surface area contributed by atoms with Crippen molar-refractivity contribution in [3.05, 3.63) is 65.2 Å². The van der Waals surface area contributed by atoms with E-state index in [2.05, 4.69) is 36.6 Å². The molecular formula is C22H28N2O3. The lowest BCUT2D eigenvalue weighted by Crippen LogP contribution is -2.37. The number of unbranched alkanes of at least 4 members (excludes halogenated alkanes) is 1. The summed E-state index contributed by atoms with van der Waals surface area (Å²) >= 11 is 0. The number of hydrogen-bond acceptors (Lipinski definition) is 3. The van der Waals surface area contributed by atoms with E-state index in [0.29, 0.717) is 18.7 Å². The van der Waals surface area contributed by atoms with Gasteiger partial charge in [-0.25, -0.2) is 0 Å². The monoisotopic (exact) mass is 368 g/mol. The maximum absolute atomic E-state index is 12.1. The number of rotatable bonds is 10. The molecule has 0 unspecified atom stereocenters. The van der Waals surface area contributed by atoms with E-state index in [1.807, 2.05) is 12.1 Å². The minimum atomic E-state index is -0.274. The van der Waals surface area contributed by atoms with Crippen LogP contribution in [0.5, 0.6) is 5.75 Å². The predicted octanol–water partition coefficient (Wildman–Crippen LogP) is 3.26. The Morgan fingerprint density at radius 2 is 1.74 bits per heavy atom. The van der Waals surface area contributed by atoms with Crippen LogP contribution in [0.1, 0.15) is 41.3 Å². The minimum Gasteiger partial charge on any atom is -0.494 e. The van der Waals surface area contributed by atoms with Crippen LogP contribution in [0.2, 0.25) is 0 Å². The first kappa shape index (κ1) is 20.5. The van der Waals surface area contributed by atoms with E-state index in [-0.39, 0.29) is 18.4 Å². The van der Waals surface area contributed by atoms with Crippen LogP contribution in [0, 0.1) is 6.92 Å². The molecule has 5 nitrogen and oxygen atoms in total. The summed E-state index contributed by atoms with van der Waals surface area (Å²) in [4.78, 5) is 24.0. The van der Waals surface area contributed by atoms with Crippen LogP contribution in [-0.4, -0.2) is 31.5 Å². The fraction of sp³-hybridized carbons (Fsp3) is 0.364. The largest absolute Gasteiger partial charge is 0.494 e. The van der Waals surface area contributed by atoms with E-state index in [4.69, 9.17) is 4.74 Å². The van der Waals surface area contributed by atoms with Crippen molar-refractivity contribution in [1.29, 1.82) is 0 Å². The molecule has 144 valence electrons. The number of benzene rings is 2. The highest BCUT2D eigenvalue weighted by atomic mass is 16.5. The Balaban J connectivity index is 1.69. The number of nitrogens with one attached hydrogen (secondary N) is 2. The highest BCUT2D eigenvalue weighted by molar-refractivity contribution is 5.96. The van der Waals surface area contributed by atoms with Crippen LogP contribution in [-0.2, 0) is 11.2 Å². The first-order chi connectivity index (χ1) is 13.1. The number of aryl methyl sites for hydroxylation is 1. The third-order valence-corrected chi connectivity index (χ3v) is 4.27.